The lowest BCUT2D eigenvalue weighted by Gasteiger charge is -2.30. The van der Waals surface area contributed by atoms with E-state index in [2.05, 4.69) is 47.8 Å². The Balaban J connectivity index is 1.16. The Labute approximate surface area is 258 Å². The molecule has 2 N–H and O–H groups in total. The summed E-state index contributed by atoms with van der Waals surface area (Å²) in [5.74, 6) is 0.889. The van der Waals surface area contributed by atoms with E-state index in [-0.39, 0.29) is 48.8 Å². The third-order valence-electron chi connectivity index (χ3n) is 8.47. The van der Waals surface area contributed by atoms with Crippen molar-refractivity contribution in [3.05, 3.63) is 95.3 Å². The monoisotopic (exact) mass is 618 g/mol. The number of fused-ring (bicyclic) bond motifs is 3. The number of ether oxygens (including phenoxy) is 3. The van der Waals surface area contributed by atoms with Gasteiger partial charge in [0.05, 0.1) is 25.2 Å². The zero-order valence-corrected chi connectivity index (χ0v) is 25.6. The minimum atomic E-state index is -3.89. The van der Waals surface area contributed by atoms with Gasteiger partial charge in [-0.05, 0) is 83.3 Å². The van der Waals surface area contributed by atoms with Gasteiger partial charge in [-0.25, -0.2) is 8.42 Å². The average Bonchev–Trinajstić information content (AvgIpc) is 3.81. The number of carbonyl (C=O) groups excluding carboxylic acids is 1. The predicted molar refractivity (Wildman–Crippen MR) is 166 cm³/mol. The van der Waals surface area contributed by atoms with E-state index in [4.69, 9.17) is 14.2 Å². The van der Waals surface area contributed by atoms with Crippen molar-refractivity contribution in [2.24, 2.45) is 5.92 Å². The number of amides is 1. The van der Waals surface area contributed by atoms with E-state index in [9.17, 15) is 18.3 Å². The van der Waals surface area contributed by atoms with Gasteiger partial charge in [0.1, 0.15) is 5.75 Å². The molecule has 2 atom stereocenters. The Morgan fingerprint density at radius 3 is 2.55 bits per heavy atom. The molecule has 0 bridgehead atoms. The molecule has 3 aromatic carbocycles. The fraction of sp³-hybridized carbons (Fsp3) is 0.382. The Bertz CT molecular complexity index is 1630. The van der Waals surface area contributed by atoms with E-state index in [1.54, 1.807) is 12.1 Å². The zero-order valence-electron chi connectivity index (χ0n) is 24.8. The molecule has 0 saturated heterocycles. The maximum atomic E-state index is 13.3. The van der Waals surface area contributed by atoms with Crippen LogP contribution in [0.1, 0.15) is 41.9 Å². The van der Waals surface area contributed by atoms with Crippen LogP contribution in [0.15, 0.2) is 83.5 Å². The predicted octanol–water partition coefficient (Wildman–Crippen LogP) is 4.21. The lowest BCUT2D eigenvalue weighted by molar-refractivity contribution is -0.146. The van der Waals surface area contributed by atoms with Gasteiger partial charge in [0.15, 0.2) is 5.76 Å². The van der Waals surface area contributed by atoms with Crippen molar-refractivity contribution in [2.75, 3.05) is 40.0 Å². The first kappa shape index (κ1) is 30.3. The second-order valence-electron chi connectivity index (χ2n) is 11.5. The lowest BCUT2D eigenvalue weighted by atomic mass is 9.90. The highest BCUT2D eigenvalue weighted by Gasteiger charge is 2.32. The van der Waals surface area contributed by atoms with E-state index in [0.717, 1.165) is 24.8 Å². The van der Waals surface area contributed by atoms with Crippen molar-refractivity contribution in [1.82, 2.24) is 9.62 Å². The summed E-state index contributed by atoms with van der Waals surface area (Å²) in [4.78, 5) is 13.2. The molecule has 1 heterocycles. The van der Waals surface area contributed by atoms with Gasteiger partial charge in [-0.2, -0.15) is 4.31 Å². The summed E-state index contributed by atoms with van der Waals surface area (Å²) in [5, 5.41) is 12.6. The molecule has 6 rings (SSSR count). The summed E-state index contributed by atoms with van der Waals surface area (Å²) in [7, 11) is -2.37. The number of hydrogen-bond acceptors (Lipinski definition) is 7. The van der Waals surface area contributed by atoms with Gasteiger partial charge in [0, 0.05) is 32.0 Å². The number of benzene rings is 3. The molecular formula is C34H38N2O7S. The van der Waals surface area contributed by atoms with Crippen molar-refractivity contribution >= 4 is 15.9 Å². The number of nitrogens with one attached hydrogen (secondary N) is 1. The quantitative estimate of drug-likeness (QED) is 0.231. The summed E-state index contributed by atoms with van der Waals surface area (Å²) < 4.78 is 45.1. The Morgan fingerprint density at radius 1 is 1.02 bits per heavy atom. The van der Waals surface area contributed by atoms with Gasteiger partial charge in [0.2, 0.25) is 16.3 Å². The van der Waals surface area contributed by atoms with Gasteiger partial charge >= 0.3 is 0 Å². The first-order chi connectivity index (χ1) is 21.4. The molecule has 3 aromatic rings. The fourth-order valence-corrected chi connectivity index (χ4v) is 7.25. The van der Waals surface area contributed by atoms with E-state index >= 15 is 0 Å². The Hall–Kier alpha value is -3.70. The van der Waals surface area contributed by atoms with Gasteiger partial charge in [-0.3, -0.25) is 4.79 Å². The van der Waals surface area contributed by atoms with Gasteiger partial charge in [-0.1, -0.05) is 42.5 Å². The largest absolute Gasteiger partial charge is 0.497 e. The van der Waals surface area contributed by atoms with E-state index in [1.807, 2.05) is 6.08 Å². The molecule has 3 aliphatic rings. The third-order valence-corrected chi connectivity index (χ3v) is 10.4. The maximum Gasteiger partial charge on any atom is 0.286 e. The Kier molecular flexibility index (Phi) is 9.04. The lowest BCUT2D eigenvalue weighted by Crippen LogP contribution is -2.38. The SMILES string of the molecule is COc1ccc(S(=O)(=O)N(CCO)CCO[C@H]2C[C@@H](c3ccc4c(c3)Cc3ccccc3-4)C=C(C(=O)NCC3CC3)O2)cc1. The van der Waals surface area contributed by atoms with Gasteiger partial charge < -0.3 is 24.6 Å². The van der Waals surface area contributed by atoms with Crippen LogP contribution >= 0.6 is 0 Å². The molecule has 0 spiro atoms. The first-order valence-corrected chi connectivity index (χ1v) is 16.5. The normalized spacial score (nSPS) is 19.1. The van der Waals surface area contributed by atoms with Crippen molar-refractivity contribution in [2.45, 2.75) is 42.8 Å². The Morgan fingerprint density at radius 2 is 1.80 bits per heavy atom. The maximum absolute atomic E-state index is 13.3. The molecule has 1 fully saturated rings. The van der Waals surface area contributed by atoms with Crippen LogP contribution < -0.4 is 10.1 Å². The van der Waals surface area contributed by atoms with Crippen LogP contribution in [-0.2, 0) is 30.7 Å². The van der Waals surface area contributed by atoms with Crippen LogP contribution in [-0.4, -0.2) is 70.0 Å². The highest BCUT2D eigenvalue weighted by Crippen LogP contribution is 2.40. The smallest absolute Gasteiger partial charge is 0.286 e. The van der Waals surface area contributed by atoms with Crippen LogP contribution in [0.4, 0.5) is 0 Å². The number of nitrogens with zero attached hydrogens (tertiary/aromatic N) is 1. The highest BCUT2D eigenvalue weighted by molar-refractivity contribution is 7.89. The molecule has 1 amide bonds. The molecule has 1 saturated carbocycles. The number of carbonyl (C=O) groups is 1. The standard InChI is InChI=1S/C34H38N2O7S/c1-41-28-9-11-29(12-10-28)44(39,40)36(14-16-37)15-17-42-33-21-26(20-32(43-33)34(38)35-22-23-6-7-23)24-8-13-31-27(18-24)19-25-4-2-3-5-30(25)31/h2-5,8-13,18,20,23,26,33,37H,6-7,14-17,19,21-22H2,1H3,(H,35,38)/t26-,33+/m0/s1. The van der Waals surface area contributed by atoms with Crippen molar-refractivity contribution in [3.63, 3.8) is 0 Å². The summed E-state index contributed by atoms with van der Waals surface area (Å²) in [6.45, 7) is 0.213. The van der Waals surface area contributed by atoms with Crippen LogP contribution in [0, 0.1) is 5.92 Å². The van der Waals surface area contributed by atoms with Gasteiger partial charge in [-0.15, -0.1) is 0 Å². The molecular weight excluding hydrogens is 580 g/mol. The number of sulfonamides is 1. The minimum absolute atomic E-state index is 0.00345. The number of allylic oxidation sites excluding steroid dienone is 1. The molecule has 232 valence electrons. The summed E-state index contributed by atoms with van der Waals surface area (Å²) in [6, 6.07) is 21.0. The molecule has 0 radical (unpaired) electrons. The second kappa shape index (κ2) is 13.1. The topological polar surface area (TPSA) is 114 Å². The van der Waals surface area contributed by atoms with E-state index in [1.165, 1.54) is 45.8 Å². The minimum Gasteiger partial charge on any atom is -0.497 e. The molecule has 9 nitrogen and oxygen atoms in total. The van der Waals surface area contributed by atoms with Crippen LogP contribution in [0.3, 0.4) is 0 Å². The summed E-state index contributed by atoms with van der Waals surface area (Å²) in [6.07, 6.45) is 4.70. The number of hydrogen-bond donors (Lipinski definition) is 2. The van der Waals surface area contributed by atoms with Crippen LogP contribution in [0.5, 0.6) is 5.75 Å². The number of methoxy groups -OCH3 is 1. The van der Waals surface area contributed by atoms with E-state index in [0.29, 0.717) is 24.6 Å². The molecule has 44 heavy (non-hydrogen) atoms. The second-order valence-corrected chi connectivity index (χ2v) is 13.4. The van der Waals surface area contributed by atoms with Crippen molar-refractivity contribution in [1.29, 1.82) is 0 Å². The van der Waals surface area contributed by atoms with Crippen molar-refractivity contribution < 1.29 is 32.5 Å². The van der Waals surface area contributed by atoms with Gasteiger partial charge in [0.25, 0.3) is 5.91 Å². The fourth-order valence-electron chi connectivity index (χ4n) is 5.84. The highest BCUT2D eigenvalue weighted by atomic mass is 32.2. The van der Waals surface area contributed by atoms with Crippen LogP contribution in [0.25, 0.3) is 11.1 Å². The average molecular weight is 619 g/mol. The number of rotatable bonds is 13. The third kappa shape index (κ3) is 6.68. The van der Waals surface area contributed by atoms with E-state index < -0.39 is 16.3 Å². The molecule has 1 aliphatic heterocycles. The molecule has 0 aromatic heterocycles. The van der Waals surface area contributed by atoms with Crippen molar-refractivity contribution in [3.8, 4) is 16.9 Å². The first-order valence-electron chi connectivity index (χ1n) is 15.1. The molecule has 0 unspecified atom stereocenters. The summed E-state index contributed by atoms with van der Waals surface area (Å²) >= 11 is 0. The zero-order chi connectivity index (χ0) is 30.7. The number of aliphatic hydroxyl groups excluding tert-OH is 1. The summed E-state index contributed by atoms with van der Waals surface area (Å²) in [5.41, 5.74) is 6.13. The molecule has 10 heteroatoms. The number of aliphatic hydroxyl groups is 1. The molecule has 2 aliphatic carbocycles. The van der Waals surface area contributed by atoms with Crippen LogP contribution in [0.2, 0.25) is 0 Å².